The van der Waals surface area contributed by atoms with Crippen molar-refractivity contribution >= 4 is 17.4 Å². The largest absolute Gasteiger partial charge is 0.381 e. The van der Waals surface area contributed by atoms with Crippen LogP contribution in [0, 0.1) is 13.8 Å². The third-order valence-electron chi connectivity index (χ3n) is 3.61. The van der Waals surface area contributed by atoms with Gasteiger partial charge in [-0.2, -0.15) is 0 Å². The zero-order valence-electron chi connectivity index (χ0n) is 12.7. The predicted octanol–water partition coefficient (Wildman–Crippen LogP) is 3.23. The van der Waals surface area contributed by atoms with Gasteiger partial charge in [-0.1, -0.05) is 6.07 Å². The first-order valence-electron chi connectivity index (χ1n) is 7.07. The third kappa shape index (κ3) is 3.56. The van der Waals surface area contributed by atoms with Gasteiger partial charge in [-0.15, -0.1) is 0 Å². The number of nitrogens with zero attached hydrogens (tertiary/aromatic N) is 1. The molecule has 4 N–H and O–H groups in total. The van der Waals surface area contributed by atoms with Crippen molar-refractivity contribution < 1.29 is 4.79 Å². The molecule has 2 rings (SSSR count). The summed E-state index contributed by atoms with van der Waals surface area (Å²) in [5.41, 5.74) is 10.6. The van der Waals surface area contributed by atoms with Gasteiger partial charge in [0.15, 0.2) is 0 Å². The SMILES string of the molecule is CCn1c(C)cc(CNc2cccc(NC(N)=O)c2)c1C. The molecule has 1 heterocycles. The second-order valence-electron chi connectivity index (χ2n) is 5.06. The second kappa shape index (κ2) is 6.35. The van der Waals surface area contributed by atoms with E-state index < -0.39 is 6.03 Å². The number of hydrogen-bond donors (Lipinski definition) is 3. The first-order valence-corrected chi connectivity index (χ1v) is 7.07. The van der Waals surface area contributed by atoms with Gasteiger partial charge >= 0.3 is 6.03 Å². The van der Waals surface area contributed by atoms with E-state index in [1.54, 1.807) is 6.07 Å². The van der Waals surface area contributed by atoms with Crippen molar-refractivity contribution in [3.8, 4) is 0 Å². The molecule has 0 unspecified atom stereocenters. The Balaban J connectivity index is 2.08. The normalized spacial score (nSPS) is 10.4. The average Bonchev–Trinajstić information content (AvgIpc) is 2.70. The Morgan fingerprint density at radius 1 is 1.24 bits per heavy atom. The van der Waals surface area contributed by atoms with E-state index >= 15 is 0 Å². The van der Waals surface area contributed by atoms with Crippen molar-refractivity contribution in [3.05, 3.63) is 47.3 Å². The molecule has 0 saturated carbocycles. The van der Waals surface area contributed by atoms with E-state index in [1.807, 2.05) is 18.2 Å². The second-order valence-corrected chi connectivity index (χ2v) is 5.06. The lowest BCUT2D eigenvalue weighted by atomic mass is 10.2. The van der Waals surface area contributed by atoms with Gasteiger partial charge in [0.2, 0.25) is 0 Å². The fourth-order valence-electron chi connectivity index (χ4n) is 2.58. The van der Waals surface area contributed by atoms with Crippen LogP contribution in [0.25, 0.3) is 0 Å². The highest BCUT2D eigenvalue weighted by Gasteiger charge is 2.07. The Bertz CT molecular complexity index is 646. The molecule has 2 amide bonds. The van der Waals surface area contributed by atoms with Crippen LogP contribution < -0.4 is 16.4 Å². The van der Waals surface area contributed by atoms with Crippen LogP contribution in [0.4, 0.5) is 16.2 Å². The third-order valence-corrected chi connectivity index (χ3v) is 3.61. The summed E-state index contributed by atoms with van der Waals surface area (Å²) in [5, 5.41) is 5.95. The summed E-state index contributed by atoms with van der Waals surface area (Å²) in [5.74, 6) is 0. The number of amides is 2. The number of anilines is 2. The molecule has 0 aliphatic carbocycles. The van der Waals surface area contributed by atoms with Crippen LogP contribution >= 0.6 is 0 Å². The minimum Gasteiger partial charge on any atom is -0.381 e. The maximum Gasteiger partial charge on any atom is 0.316 e. The predicted molar refractivity (Wildman–Crippen MR) is 86.6 cm³/mol. The highest BCUT2D eigenvalue weighted by Crippen LogP contribution is 2.19. The van der Waals surface area contributed by atoms with Crippen molar-refractivity contribution in [2.45, 2.75) is 33.9 Å². The molecule has 0 bridgehead atoms. The van der Waals surface area contributed by atoms with E-state index in [2.05, 4.69) is 42.0 Å². The zero-order chi connectivity index (χ0) is 15.4. The topological polar surface area (TPSA) is 72.1 Å². The van der Waals surface area contributed by atoms with Crippen LogP contribution in [0.3, 0.4) is 0 Å². The van der Waals surface area contributed by atoms with Crippen LogP contribution in [-0.4, -0.2) is 10.6 Å². The van der Waals surface area contributed by atoms with Gasteiger partial charge in [-0.25, -0.2) is 4.79 Å². The Morgan fingerprint density at radius 2 is 1.95 bits per heavy atom. The molecule has 21 heavy (non-hydrogen) atoms. The molecule has 2 aromatic rings. The standard InChI is InChI=1S/C16H22N4O/c1-4-20-11(2)8-13(12(20)3)10-18-14-6-5-7-15(9-14)19-16(17)21/h5-9,18H,4,10H2,1-3H3,(H3,17,19,21). The molecule has 0 spiro atoms. The number of nitrogens with two attached hydrogens (primary N) is 1. The monoisotopic (exact) mass is 286 g/mol. The quantitative estimate of drug-likeness (QED) is 0.789. The highest BCUT2D eigenvalue weighted by atomic mass is 16.2. The maximum absolute atomic E-state index is 10.9. The summed E-state index contributed by atoms with van der Waals surface area (Å²) in [6.07, 6.45) is 0. The molecule has 0 aliphatic rings. The number of primary amides is 1. The van der Waals surface area contributed by atoms with Gasteiger partial charge in [-0.3, -0.25) is 0 Å². The Labute approximate surface area is 125 Å². The Kier molecular flexibility index (Phi) is 4.52. The van der Waals surface area contributed by atoms with Crippen molar-refractivity contribution in [3.63, 3.8) is 0 Å². The zero-order valence-corrected chi connectivity index (χ0v) is 12.7. The Morgan fingerprint density at radius 3 is 2.57 bits per heavy atom. The fraction of sp³-hybridized carbons (Fsp3) is 0.312. The van der Waals surface area contributed by atoms with Crippen molar-refractivity contribution in [1.29, 1.82) is 0 Å². The summed E-state index contributed by atoms with van der Waals surface area (Å²) in [7, 11) is 0. The summed E-state index contributed by atoms with van der Waals surface area (Å²) >= 11 is 0. The van der Waals surface area contributed by atoms with Gasteiger partial charge in [0.1, 0.15) is 0 Å². The van der Waals surface area contributed by atoms with E-state index in [0.29, 0.717) is 5.69 Å². The van der Waals surface area contributed by atoms with Crippen LogP contribution in [0.5, 0.6) is 0 Å². The first kappa shape index (κ1) is 15.0. The summed E-state index contributed by atoms with van der Waals surface area (Å²) in [4.78, 5) is 10.9. The van der Waals surface area contributed by atoms with Gasteiger partial charge in [0, 0.05) is 35.9 Å². The number of benzene rings is 1. The van der Waals surface area contributed by atoms with E-state index in [4.69, 9.17) is 5.73 Å². The maximum atomic E-state index is 10.9. The molecule has 0 fully saturated rings. The molecule has 5 heteroatoms. The molecule has 0 aliphatic heterocycles. The lowest BCUT2D eigenvalue weighted by Crippen LogP contribution is -2.19. The van der Waals surface area contributed by atoms with E-state index in [1.165, 1.54) is 17.0 Å². The molecular formula is C16H22N4O. The molecular weight excluding hydrogens is 264 g/mol. The summed E-state index contributed by atoms with van der Waals surface area (Å²) < 4.78 is 2.29. The fourth-order valence-corrected chi connectivity index (χ4v) is 2.58. The molecule has 0 radical (unpaired) electrons. The summed E-state index contributed by atoms with van der Waals surface area (Å²) in [6.45, 7) is 8.14. The number of carbonyl (C=O) groups is 1. The minimum absolute atomic E-state index is 0.557. The first-order chi connectivity index (χ1) is 10.0. The van der Waals surface area contributed by atoms with Gasteiger partial charge in [0.05, 0.1) is 0 Å². The summed E-state index contributed by atoms with van der Waals surface area (Å²) in [6, 6.07) is 9.16. The minimum atomic E-state index is -0.557. The van der Waals surface area contributed by atoms with Gasteiger partial charge in [-0.05, 0) is 50.6 Å². The lowest BCUT2D eigenvalue weighted by Gasteiger charge is -2.09. The van der Waals surface area contributed by atoms with Crippen molar-refractivity contribution in [2.24, 2.45) is 5.73 Å². The van der Waals surface area contributed by atoms with Crippen LogP contribution in [0.2, 0.25) is 0 Å². The molecule has 1 aromatic heterocycles. The van der Waals surface area contributed by atoms with Crippen molar-refractivity contribution in [2.75, 3.05) is 10.6 Å². The van der Waals surface area contributed by atoms with Gasteiger partial charge in [0.25, 0.3) is 0 Å². The number of nitrogens with one attached hydrogen (secondary N) is 2. The number of urea groups is 1. The van der Waals surface area contributed by atoms with E-state index in [9.17, 15) is 4.79 Å². The Hall–Kier alpha value is -2.43. The molecule has 1 aromatic carbocycles. The smallest absolute Gasteiger partial charge is 0.316 e. The van der Waals surface area contributed by atoms with Crippen LogP contribution in [0.1, 0.15) is 23.9 Å². The average molecular weight is 286 g/mol. The number of aryl methyl sites for hydroxylation is 1. The molecule has 112 valence electrons. The van der Waals surface area contributed by atoms with Crippen molar-refractivity contribution in [1.82, 2.24) is 4.57 Å². The molecule has 0 saturated heterocycles. The lowest BCUT2D eigenvalue weighted by molar-refractivity contribution is 0.259. The highest BCUT2D eigenvalue weighted by molar-refractivity contribution is 5.88. The number of aromatic nitrogens is 1. The number of rotatable bonds is 5. The number of carbonyl (C=O) groups excluding carboxylic acids is 1. The molecule has 5 nitrogen and oxygen atoms in total. The van der Waals surface area contributed by atoms with Crippen LogP contribution in [-0.2, 0) is 13.1 Å². The molecule has 0 atom stereocenters. The van der Waals surface area contributed by atoms with E-state index in [0.717, 1.165) is 18.8 Å². The van der Waals surface area contributed by atoms with Gasteiger partial charge < -0.3 is 20.9 Å². The van der Waals surface area contributed by atoms with E-state index in [-0.39, 0.29) is 0 Å². The number of hydrogen-bond acceptors (Lipinski definition) is 2. The van der Waals surface area contributed by atoms with Crippen LogP contribution in [0.15, 0.2) is 30.3 Å².